The minimum Gasteiger partial charge on any atom is -0.374 e. The molecule has 0 aliphatic carbocycles. The van der Waals surface area contributed by atoms with Gasteiger partial charge in [0.05, 0.1) is 6.07 Å². The van der Waals surface area contributed by atoms with Gasteiger partial charge in [-0.15, -0.1) is 0 Å². The van der Waals surface area contributed by atoms with Crippen molar-refractivity contribution in [1.82, 2.24) is 10.2 Å². The van der Waals surface area contributed by atoms with E-state index in [9.17, 15) is 5.26 Å². The molecule has 0 radical (unpaired) electrons. The maximum atomic E-state index is 9.66. The first-order valence-corrected chi connectivity index (χ1v) is 7.98. The van der Waals surface area contributed by atoms with Crippen LogP contribution in [0.1, 0.15) is 30.0 Å². The third kappa shape index (κ3) is 3.04. The molecule has 1 aromatic carbocycles. The van der Waals surface area contributed by atoms with Gasteiger partial charge in [0, 0.05) is 38.9 Å². The number of nitrogens with one attached hydrogen (secondary N) is 1. The summed E-state index contributed by atoms with van der Waals surface area (Å²) in [4.78, 5) is 4.63. The van der Waals surface area contributed by atoms with E-state index >= 15 is 0 Å². The van der Waals surface area contributed by atoms with Crippen molar-refractivity contribution < 1.29 is 0 Å². The largest absolute Gasteiger partial charge is 0.374 e. The monoisotopic (exact) mass is 284 g/mol. The molecule has 2 aliphatic heterocycles. The van der Waals surface area contributed by atoms with E-state index in [0.29, 0.717) is 0 Å². The lowest BCUT2D eigenvalue weighted by atomic mass is 9.96. The van der Waals surface area contributed by atoms with E-state index in [4.69, 9.17) is 0 Å². The van der Waals surface area contributed by atoms with Crippen LogP contribution in [-0.2, 0) is 6.42 Å². The first-order chi connectivity index (χ1) is 10.3. The first-order valence-electron chi connectivity index (χ1n) is 7.98. The summed E-state index contributed by atoms with van der Waals surface area (Å²) in [6, 6.07) is 9.01. The molecule has 2 aliphatic rings. The van der Waals surface area contributed by atoms with E-state index < -0.39 is 0 Å². The minimum atomic E-state index is -0.109. The van der Waals surface area contributed by atoms with Crippen molar-refractivity contribution in [2.24, 2.45) is 0 Å². The van der Waals surface area contributed by atoms with Crippen LogP contribution in [0.25, 0.3) is 0 Å². The van der Waals surface area contributed by atoms with Gasteiger partial charge in [0.15, 0.2) is 0 Å². The van der Waals surface area contributed by atoms with Crippen LogP contribution < -0.4 is 10.2 Å². The third-order valence-electron chi connectivity index (χ3n) is 4.63. The summed E-state index contributed by atoms with van der Waals surface area (Å²) in [5.74, 6) is 0. The summed E-state index contributed by atoms with van der Waals surface area (Å²) in [6.45, 7) is 5.12. The fourth-order valence-electron chi connectivity index (χ4n) is 3.47. The Morgan fingerprint density at radius 3 is 2.95 bits per heavy atom. The molecule has 1 N–H and O–H groups in total. The second-order valence-corrected chi connectivity index (χ2v) is 6.08. The van der Waals surface area contributed by atoms with Gasteiger partial charge in [-0.2, -0.15) is 5.26 Å². The van der Waals surface area contributed by atoms with Gasteiger partial charge in [0.25, 0.3) is 0 Å². The van der Waals surface area contributed by atoms with Crippen molar-refractivity contribution in [3.63, 3.8) is 0 Å². The Bertz CT molecular complexity index is 526. The predicted octanol–water partition coefficient (Wildman–Crippen LogP) is 1.93. The Labute approximate surface area is 127 Å². The number of hydrogen-bond acceptors (Lipinski definition) is 4. The van der Waals surface area contributed by atoms with Gasteiger partial charge in [-0.1, -0.05) is 12.1 Å². The number of rotatable bonds is 2. The Balaban J connectivity index is 1.85. The molecule has 1 fully saturated rings. The summed E-state index contributed by atoms with van der Waals surface area (Å²) < 4.78 is 0. The number of benzene rings is 1. The molecule has 0 saturated carbocycles. The molecule has 1 atom stereocenters. The van der Waals surface area contributed by atoms with Crippen LogP contribution in [0.4, 0.5) is 5.69 Å². The predicted molar refractivity (Wildman–Crippen MR) is 85.4 cm³/mol. The van der Waals surface area contributed by atoms with Crippen LogP contribution in [0.15, 0.2) is 18.2 Å². The molecule has 0 amide bonds. The van der Waals surface area contributed by atoms with Gasteiger partial charge < -0.3 is 10.2 Å². The molecule has 1 aromatic rings. The fourth-order valence-corrected chi connectivity index (χ4v) is 3.47. The number of fused-ring (bicyclic) bond motifs is 1. The molecule has 0 spiro atoms. The maximum Gasteiger partial charge on any atom is 0.123 e. The molecule has 2 heterocycles. The Morgan fingerprint density at radius 2 is 2.10 bits per heavy atom. The molecule has 0 aromatic heterocycles. The highest BCUT2D eigenvalue weighted by atomic mass is 15.2. The van der Waals surface area contributed by atoms with Gasteiger partial charge in [-0.05, 0) is 43.0 Å². The summed E-state index contributed by atoms with van der Waals surface area (Å²) >= 11 is 0. The van der Waals surface area contributed by atoms with Crippen LogP contribution in [-0.4, -0.2) is 44.7 Å². The van der Waals surface area contributed by atoms with Gasteiger partial charge in [0.1, 0.15) is 6.04 Å². The molecule has 4 heteroatoms. The maximum absolute atomic E-state index is 9.66. The van der Waals surface area contributed by atoms with Crippen molar-refractivity contribution in [3.8, 4) is 6.07 Å². The molecule has 1 saturated heterocycles. The molecule has 0 bridgehead atoms. The van der Waals surface area contributed by atoms with Crippen LogP contribution in [0.2, 0.25) is 0 Å². The lowest BCUT2D eigenvalue weighted by Gasteiger charge is -2.30. The van der Waals surface area contributed by atoms with Crippen molar-refractivity contribution in [1.29, 1.82) is 5.26 Å². The number of nitrogens with zero attached hydrogens (tertiary/aromatic N) is 3. The number of hydrogen-bond donors (Lipinski definition) is 1. The van der Waals surface area contributed by atoms with Crippen LogP contribution in [0.3, 0.4) is 0 Å². The van der Waals surface area contributed by atoms with E-state index in [1.54, 1.807) is 0 Å². The summed E-state index contributed by atoms with van der Waals surface area (Å²) in [5, 5.41) is 13.1. The van der Waals surface area contributed by atoms with Crippen molar-refractivity contribution in [2.45, 2.75) is 25.3 Å². The van der Waals surface area contributed by atoms with Crippen LogP contribution in [0.5, 0.6) is 0 Å². The minimum absolute atomic E-state index is 0.109. The van der Waals surface area contributed by atoms with E-state index in [1.165, 1.54) is 17.7 Å². The Hall–Kier alpha value is -1.57. The SMILES string of the molecule is CN1CCCc2cc(C(C#N)N3CCCNCC3)ccc21. The first kappa shape index (κ1) is 14.4. The molecular weight excluding hydrogens is 260 g/mol. The average Bonchev–Trinajstić information content (AvgIpc) is 2.78. The van der Waals surface area contributed by atoms with Gasteiger partial charge in [0.2, 0.25) is 0 Å². The molecule has 4 nitrogen and oxygen atoms in total. The van der Waals surface area contributed by atoms with Crippen LogP contribution in [0, 0.1) is 11.3 Å². The second-order valence-electron chi connectivity index (χ2n) is 6.08. The van der Waals surface area contributed by atoms with Crippen molar-refractivity contribution >= 4 is 5.69 Å². The number of aryl methyl sites for hydroxylation is 1. The van der Waals surface area contributed by atoms with E-state index in [0.717, 1.165) is 51.1 Å². The van der Waals surface area contributed by atoms with Crippen molar-refractivity contribution in [2.75, 3.05) is 44.7 Å². The van der Waals surface area contributed by atoms with E-state index in [1.807, 2.05) is 0 Å². The molecule has 1 unspecified atom stereocenters. The molecule has 21 heavy (non-hydrogen) atoms. The Morgan fingerprint density at radius 1 is 1.19 bits per heavy atom. The lowest BCUT2D eigenvalue weighted by molar-refractivity contribution is 0.252. The third-order valence-corrected chi connectivity index (χ3v) is 4.63. The summed E-state index contributed by atoms with van der Waals surface area (Å²) in [6.07, 6.45) is 3.46. The zero-order valence-corrected chi connectivity index (χ0v) is 12.8. The molecule has 112 valence electrons. The van der Waals surface area contributed by atoms with Crippen LogP contribution >= 0.6 is 0 Å². The standard InChI is InChI=1S/C17H24N4/c1-20-9-2-4-14-12-15(5-6-16(14)20)17(13-18)21-10-3-7-19-8-11-21/h5-6,12,17,19H,2-4,7-11H2,1H3. The smallest absolute Gasteiger partial charge is 0.123 e. The number of anilines is 1. The topological polar surface area (TPSA) is 42.3 Å². The highest BCUT2D eigenvalue weighted by Crippen LogP contribution is 2.30. The average molecular weight is 284 g/mol. The quantitative estimate of drug-likeness (QED) is 0.901. The zero-order valence-electron chi connectivity index (χ0n) is 12.8. The van der Waals surface area contributed by atoms with Gasteiger partial charge >= 0.3 is 0 Å². The fraction of sp³-hybridized carbons (Fsp3) is 0.588. The summed E-state index contributed by atoms with van der Waals surface area (Å²) in [7, 11) is 2.15. The lowest BCUT2D eigenvalue weighted by Crippen LogP contribution is -2.32. The normalized spacial score (nSPS) is 21.2. The Kier molecular flexibility index (Phi) is 4.42. The van der Waals surface area contributed by atoms with E-state index in [2.05, 4.69) is 46.4 Å². The molecular formula is C17H24N4. The second kappa shape index (κ2) is 6.46. The van der Waals surface area contributed by atoms with Gasteiger partial charge in [-0.25, -0.2) is 0 Å². The van der Waals surface area contributed by atoms with E-state index in [-0.39, 0.29) is 6.04 Å². The van der Waals surface area contributed by atoms with Crippen molar-refractivity contribution in [3.05, 3.63) is 29.3 Å². The zero-order chi connectivity index (χ0) is 14.7. The highest BCUT2D eigenvalue weighted by molar-refractivity contribution is 5.56. The highest BCUT2D eigenvalue weighted by Gasteiger charge is 2.23. The number of nitriles is 1. The molecule has 3 rings (SSSR count). The van der Waals surface area contributed by atoms with Gasteiger partial charge in [-0.3, -0.25) is 4.90 Å². The summed E-state index contributed by atoms with van der Waals surface area (Å²) in [5.41, 5.74) is 3.89.